The fourth-order valence-electron chi connectivity index (χ4n) is 3.42. The quantitative estimate of drug-likeness (QED) is 0.879. The molecule has 1 aliphatic carbocycles. The molecule has 1 saturated carbocycles. The Bertz CT molecular complexity index is 634. The van der Waals surface area contributed by atoms with Gasteiger partial charge in [-0.25, -0.2) is 9.38 Å². The molecule has 4 atom stereocenters. The lowest BCUT2D eigenvalue weighted by Crippen LogP contribution is -2.41. The van der Waals surface area contributed by atoms with Gasteiger partial charge in [0.25, 0.3) is 0 Å². The van der Waals surface area contributed by atoms with Crippen molar-refractivity contribution in [3.63, 3.8) is 0 Å². The zero-order chi connectivity index (χ0) is 15.9. The number of aliphatic imine (C=N–C) groups is 1. The van der Waals surface area contributed by atoms with Gasteiger partial charge in [-0.15, -0.1) is 0 Å². The molecule has 2 N–H and O–H groups in total. The average molecular weight is 324 g/mol. The van der Waals surface area contributed by atoms with Gasteiger partial charge < -0.3 is 5.32 Å². The fraction of sp³-hybridized carbons (Fsp3) is 0.500. The van der Waals surface area contributed by atoms with Crippen LogP contribution in [-0.2, 0) is 4.79 Å². The lowest BCUT2D eigenvalue weighted by atomic mass is 9.89. The van der Waals surface area contributed by atoms with Crippen molar-refractivity contribution < 1.29 is 9.18 Å². The van der Waals surface area contributed by atoms with E-state index in [2.05, 4.69) is 22.5 Å². The molecule has 118 valence electrons. The van der Waals surface area contributed by atoms with Gasteiger partial charge in [-0.3, -0.25) is 10.1 Å². The normalized spacial score (nSPS) is 29.7. The highest BCUT2D eigenvalue weighted by molar-refractivity contribution is 6.30. The van der Waals surface area contributed by atoms with Crippen molar-refractivity contribution in [1.29, 1.82) is 0 Å². The van der Waals surface area contributed by atoms with Crippen LogP contribution in [0.2, 0.25) is 5.02 Å². The molecule has 1 aromatic carbocycles. The zero-order valence-electron chi connectivity index (χ0n) is 12.6. The lowest BCUT2D eigenvalue weighted by molar-refractivity contribution is -0.119. The van der Waals surface area contributed by atoms with E-state index in [-0.39, 0.29) is 28.9 Å². The first-order chi connectivity index (χ1) is 10.5. The number of carbonyl (C=O) groups is 1. The van der Waals surface area contributed by atoms with Gasteiger partial charge in [-0.1, -0.05) is 31.5 Å². The smallest absolute Gasteiger partial charge is 0.226 e. The molecule has 0 aromatic heterocycles. The minimum Gasteiger partial charge on any atom is -0.351 e. The predicted octanol–water partition coefficient (Wildman–Crippen LogP) is 2.83. The van der Waals surface area contributed by atoms with Crippen LogP contribution in [0.3, 0.4) is 0 Å². The molecule has 1 fully saturated rings. The van der Waals surface area contributed by atoms with Crippen LogP contribution < -0.4 is 10.6 Å². The molecular formula is C16H19ClFN3O. The summed E-state index contributed by atoms with van der Waals surface area (Å²) < 4.78 is 13.3. The van der Waals surface area contributed by atoms with Crippen molar-refractivity contribution in [3.8, 4) is 0 Å². The summed E-state index contributed by atoms with van der Waals surface area (Å²) in [6.45, 7) is 3.95. The third kappa shape index (κ3) is 2.70. The molecule has 4 nitrogen and oxygen atoms in total. The Morgan fingerprint density at radius 2 is 2.32 bits per heavy atom. The molecule has 0 bridgehead atoms. The Morgan fingerprint density at radius 1 is 1.55 bits per heavy atom. The Morgan fingerprint density at radius 3 is 2.95 bits per heavy atom. The van der Waals surface area contributed by atoms with E-state index in [9.17, 15) is 9.18 Å². The van der Waals surface area contributed by atoms with Crippen LogP contribution in [0.15, 0.2) is 23.2 Å². The van der Waals surface area contributed by atoms with Crippen molar-refractivity contribution >= 4 is 23.5 Å². The van der Waals surface area contributed by atoms with Gasteiger partial charge in [-0.2, -0.15) is 0 Å². The number of fused-ring (bicyclic) bond motifs is 1. The number of nitrogens with zero attached hydrogens (tertiary/aromatic N) is 1. The van der Waals surface area contributed by atoms with Crippen molar-refractivity contribution in [3.05, 3.63) is 34.6 Å². The SMILES string of the molecule is CCC(=O)NC1=NC2C(C[C@H](c3ccc(F)c(Cl)c3)[C@@H]2C)N1. The maximum absolute atomic E-state index is 13.3. The number of amides is 1. The lowest BCUT2D eigenvalue weighted by Gasteiger charge is -2.18. The average Bonchev–Trinajstić information content (AvgIpc) is 3.01. The summed E-state index contributed by atoms with van der Waals surface area (Å²) >= 11 is 5.89. The first-order valence-corrected chi connectivity index (χ1v) is 7.96. The van der Waals surface area contributed by atoms with E-state index in [1.807, 2.05) is 6.92 Å². The van der Waals surface area contributed by atoms with Crippen molar-refractivity contribution in [2.24, 2.45) is 10.9 Å². The van der Waals surface area contributed by atoms with E-state index in [0.29, 0.717) is 18.3 Å². The van der Waals surface area contributed by atoms with Gasteiger partial charge in [0.15, 0.2) is 5.96 Å². The van der Waals surface area contributed by atoms with Crippen molar-refractivity contribution in [2.75, 3.05) is 0 Å². The summed E-state index contributed by atoms with van der Waals surface area (Å²) in [7, 11) is 0. The molecule has 1 heterocycles. The Kier molecular flexibility index (Phi) is 4.08. The molecule has 2 aliphatic rings. The number of benzene rings is 1. The molecule has 1 amide bonds. The number of carbonyl (C=O) groups excluding carboxylic acids is 1. The second kappa shape index (κ2) is 5.88. The standard InChI is InChI=1S/C16H19ClFN3O/c1-3-14(22)20-16-19-13-7-10(8(2)15(13)21-16)9-4-5-12(18)11(17)6-9/h4-6,8,10,13,15H,3,7H2,1-2H3,(H2,19,20,21,22)/t8-,10-,13?,15?/m0/s1. The topological polar surface area (TPSA) is 53.5 Å². The molecule has 0 spiro atoms. The molecule has 1 aromatic rings. The molecule has 0 radical (unpaired) electrons. The van der Waals surface area contributed by atoms with E-state index in [0.717, 1.165) is 12.0 Å². The second-order valence-electron chi connectivity index (χ2n) is 6.00. The third-order valence-electron chi connectivity index (χ3n) is 4.64. The number of rotatable bonds is 2. The van der Waals surface area contributed by atoms with E-state index in [1.54, 1.807) is 12.1 Å². The molecule has 3 rings (SSSR count). The van der Waals surface area contributed by atoms with Gasteiger partial charge in [0.1, 0.15) is 5.82 Å². The van der Waals surface area contributed by atoms with Crippen LogP contribution in [0.1, 0.15) is 38.2 Å². The molecule has 22 heavy (non-hydrogen) atoms. The van der Waals surface area contributed by atoms with Crippen molar-refractivity contribution in [2.45, 2.75) is 44.7 Å². The first kappa shape index (κ1) is 15.3. The van der Waals surface area contributed by atoms with E-state index in [4.69, 9.17) is 11.6 Å². The van der Waals surface area contributed by atoms with Crippen LogP contribution in [0, 0.1) is 11.7 Å². The number of nitrogens with one attached hydrogen (secondary N) is 2. The highest BCUT2D eigenvalue weighted by Gasteiger charge is 2.45. The van der Waals surface area contributed by atoms with Crippen LogP contribution >= 0.6 is 11.6 Å². The van der Waals surface area contributed by atoms with Gasteiger partial charge in [-0.05, 0) is 36.0 Å². The summed E-state index contributed by atoms with van der Waals surface area (Å²) in [5.41, 5.74) is 1.05. The van der Waals surface area contributed by atoms with Crippen molar-refractivity contribution in [1.82, 2.24) is 10.6 Å². The van der Waals surface area contributed by atoms with Gasteiger partial charge in [0, 0.05) is 6.42 Å². The molecule has 2 unspecified atom stereocenters. The van der Waals surface area contributed by atoms with E-state index in [1.165, 1.54) is 6.07 Å². The summed E-state index contributed by atoms with van der Waals surface area (Å²) in [6.07, 6.45) is 1.32. The summed E-state index contributed by atoms with van der Waals surface area (Å²) in [5, 5.41) is 6.22. The highest BCUT2D eigenvalue weighted by atomic mass is 35.5. The summed E-state index contributed by atoms with van der Waals surface area (Å²) in [6, 6.07) is 5.26. The van der Waals surface area contributed by atoms with Gasteiger partial charge in [0.2, 0.25) is 5.91 Å². The highest BCUT2D eigenvalue weighted by Crippen LogP contribution is 2.43. The zero-order valence-corrected chi connectivity index (χ0v) is 13.3. The minimum absolute atomic E-state index is 0.0410. The Labute approximate surface area is 134 Å². The first-order valence-electron chi connectivity index (χ1n) is 7.58. The second-order valence-corrected chi connectivity index (χ2v) is 6.40. The fourth-order valence-corrected chi connectivity index (χ4v) is 3.61. The molecule has 6 heteroatoms. The molecule has 0 saturated heterocycles. The van der Waals surface area contributed by atoms with E-state index < -0.39 is 5.82 Å². The summed E-state index contributed by atoms with van der Waals surface area (Å²) in [4.78, 5) is 16.0. The van der Waals surface area contributed by atoms with E-state index >= 15 is 0 Å². The third-order valence-corrected chi connectivity index (χ3v) is 4.93. The van der Waals surface area contributed by atoms with Crippen LogP contribution in [-0.4, -0.2) is 24.0 Å². The van der Waals surface area contributed by atoms with Crippen LogP contribution in [0.4, 0.5) is 4.39 Å². The Balaban J connectivity index is 1.75. The van der Waals surface area contributed by atoms with Crippen LogP contribution in [0.5, 0.6) is 0 Å². The Hall–Kier alpha value is -1.62. The minimum atomic E-state index is -0.392. The predicted molar refractivity (Wildman–Crippen MR) is 84.5 cm³/mol. The number of guanidine groups is 1. The molecule has 1 aliphatic heterocycles. The summed E-state index contributed by atoms with van der Waals surface area (Å²) in [5.74, 6) is 0.727. The number of hydrogen-bond acceptors (Lipinski definition) is 3. The van der Waals surface area contributed by atoms with Crippen LogP contribution in [0.25, 0.3) is 0 Å². The maximum Gasteiger partial charge on any atom is 0.226 e. The maximum atomic E-state index is 13.3. The van der Waals surface area contributed by atoms with Gasteiger partial charge in [0.05, 0.1) is 17.1 Å². The largest absolute Gasteiger partial charge is 0.351 e. The molecular weight excluding hydrogens is 305 g/mol. The number of halogens is 2. The monoisotopic (exact) mass is 323 g/mol. The van der Waals surface area contributed by atoms with Gasteiger partial charge >= 0.3 is 0 Å². The number of hydrogen-bond donors (Lipinski definition) is 2.